The Labute approximate surface area is 76.9 Å². The summed E-state index contributed by atoms with van der Waals surface area (Å²) in [6.45, 7) is 2.04. The first kappa shape index (κ1) is 9.45. The fourth-order valence-corrected chi connectivity index (χ4v) is 1.12. The van der Waals surface area contributed by atoms with E-state index < -0.39 is 0 Å². The molecule has 1 atom stereocenters. The standard InChI is InChI=1S/C8H12ClN3/c1-2-7(12-10)8-4-3-6(9)5-11-8/h3-5,7,12H,2,10H2,1H3. The summed E-state index contributed by atoms with van der Waals surface area (Å²) in [5, 5.41) is 0.644. The van der Waals surface area contributed by atoms with Crippen molar-refractivity contribution in [2.24, 2.45) is 5.84 Å². The Morgan fingerprint density at radius 3 is 2.83 bits per heavy atom. The molecule has 0 amide bonds. The highest BCUT2D eigenvalue weighted by molar-refractivity contribution is 6.30. The average molecular weight is 186 g/mol. The molecule has 1 rings (SSSR count). The van der Waals surface area contributed by atoms with E-state index >= 15 is 0 Å². The highest BCUT2D eigenvalue weighted by Gasteiger charge is 2.06. The number of halogens is 1. The van der Waals surface area contributed by atoms with Crippen LogP contribution in [0.15, 0.2) is 18.3 Å². The second kappa shape index (κ2) is 4.40. The summed E-state index contributed by atoms with van der Waals surface area (Å²) in [5.74, 6) is 5.33. The Morgan fingerprint density at radius 1 is 1.67 bits per heavy atom. The molecule has 0 saturated carbocycles. The zero-order chi connectivity index (χ0) is 8.97. The van der Waals surface area contributed by atoms with Crippen molar-refractivity contribution in [1.29, 1.82) is 0 Å². The van der Waals surface area contributed by atoms with Crippen molar-refractivity contribution in [3.8, 4) is 0 Å². The number of aromatic nitrogens is 1. The van der Waals surface area contributed by atoms with Gasteiger partial charge < -0.3 is 0 Å². The van der Waals surface area contributed by atoms with Gasteiger partial charge in [-0.25, -0.2) is 0 Å². The van der Waals surface area contributed by atoms with E-state index in [1.165, 1.54) is 0 Å². The maximum Gasteiger partial charge on any atom is 0.0629 e. The van der Waals surface area contributed by atoms with Gasteiger partial charge in [0.15, 0.2) is 0 Å². The van der Waals surface area contributed by atoms with Gasteiger partial charge in [-0.05, 0) is 18.6 Å². The zero-order valence-corrected chi connectivity index (χ0v) is 7.67. The lowest BCUT2D eigenvalue weighted by Gasteiger charge is -2.11. The van der Waals surface area contributed by atoms with Gasteiger partial charge >= 0.3 is 0 Å². The molecule has 1 aromatic rings. The molecule has 66 valence electrons. The highest BCUT2D eigenvalue weighted by atomic mass is 35.5. The molecule has 3 N–H and O–H groups in total. The van der Waals surface area contributed by atoms with Gasteiger partial charge in [-0.1, -0.05) is 18.5 Å². The van der Waals surface area contributed by atoms with Gasteiger partial charge in [0.1, 0.15) is 0 Å². The lowest BCUT2D eigenvalue weighted by Crippen LogP contribution is -2.27. The van der Waals surface area contributed by atoms with Crippen LogP contribution in [0.4, 0.5) is 0 Å². The summed E-state index contributed by atoms with van der Waals surface area (Å²) < 4.78 is 0. The lowest BCUT2D eigenvalue weighted by atomic mass is 10.1. The predicted octanol–water partition coefficient (Wildman–Crippen LogP) is 1.65. The van der Waals surface area contributed by atoms with Gasteiger partial charge in [0, 0.05) is 6.20 Å². The highest BCUT2D eigenvalue weighted by Crippen LogP contribution is 2.14. The average Bonchev–Trinajstić information content (AvgIpc) is 2.10. The van der Waals surface area contributed by atoms with Crippen molar-refractivity contribution < 1.29 is 0 Å². The second-order valence-corrected chi connectivity index (χ2v) is 2.97. The maximum atomic E-state index is 5.69. The minimum absolute atomic E-state index is 0.113. The summed E-state index contributed by atoms with van der Waals surface area (Å²) in [6, 6.07) is 3.79. The molecule has 1 heterocycles. The van der Waals surface area contributed by atoms with Gasteiger partial charge in [-0.2, -0.15) is 0 Å². The lowest BCUT2D eigenvalue weighted by molar-refractivity contribution is 0.526. The van der Waals surface area contributed by atoms with Crippen molar-refractivity contribution in [1.82, 2.24) is 10.4 Å². The molecule has 12 heavy (non-hydrogen) atoms. The first-order valence-corrected chi connectivity index (χ1v) is 4.23. The number of hydrogen-bond donors (Lipinski definition) is 2. The monoisotopic (exact) mass is 185 g/mol. The number of rotatable bonds is 3. The van der Waals surface area contributed by atoms with Crippen LogP contribution < -0.4 is 11.3 Å². The van der Waals surface area contributed by atoms with Crippen LogP contribution in [0.25, 0.3) is 0 Å². The molecule has 0 aliphatic heterocycles. The van der Waals surface area contributed by atoms with Crippen LogP contribution >= 0.6 is 11.6 Å². The number of nitrogens with zero attached hydrogens (tertiary/aromatic N) is 1. The fraction of sp³-hybridized carbons (Fsp3) is 0.375. The van der Waals surface area contributed by atoms with Gasteiger partial charge in [0.2, 0.25) is 0 Å². The molecule has 0 spiro atoms. The normalized spacial score (nSPS) is 12.9. The van der Waals surface area contributed by atoms with E-state index in [9.17, 15) is 0 Å². The van der Waals surface area contributed by atoms with Crippen LogP contribution in [0.3, 0.4) is 0 Å². The van der Waals surface area contributed by atoms with Crippen molar-refractivity contribution >= 4 is 11.6 Å². The van der Waals surface area contributed by atoms with Crippen molar-refractivity contribution in [2.45, 2.75) is 19.4 Å². The summed E-state index contributed by atoms with van der Waals surface area (Å²) in [4.78, 5) is 4.15. The first-order valence-electron chi connectivity index (χ1n) is 3.85. The van der Waals surface area contributed by atoms with Crippen molar-refractivity contribution in [3.63, 3.8) is 0 Å². The quantitative estimate of drug-likeness (QED) is 0.556. The van der Waals surface area contributed by atoms with Gasteiger partial charge in [0.25, 0.3) is 0 Å². The van der Waals surface area contributed by atoms with Gasteiger partial charge in [-0.15, -0.1) is 0 Å². The molecule has 0 saturated heterocycles. The Bertz CT molecular complexity index is 231. The molecule has 0 bridgehead atoms. The molecular weight excluding hydrogens is 174 g/mol. The molecule has 0 aliphatic rings. The van der Waals surface area contributed by atoms with E-state index in [4.69, 9.17) is 17.4 Å². The largest absolute Gasteiger partial charge is 0.271 e. The van der Waals surface area contributed by atoms with Gasteiger partial charge in [0.05, 0.1) is 16.8 Å². The smallest absolute Gasteiger partial charge is 0.0629 e. The molecule has 0 radical (unpaired) electrons. The van der Waals surface area contributed by atoms with Crippen LogP contribution in [0.1, 0.15) is 25.1 Å². The van der Waals surface area contributed by atoms with Gasteiger partial charge in [-0.3, -0.25) is 16.3 Å². The van der Waals surface area contributed by atoms with E-state index in [1.54, 1.807) is 6.20 Å². The number of nitrogens with two attached hydrogens (primary N) is 1. The van der Waals surface area contributed by atoms with Crippen LogP contribution in [-0.4, -0.2) is 4.98 Å². The first-order chi connectivity index (χ1) is 5.77. The number of hydrogen-bond acceptors (Lipinski definition) is 3. The third-order valence-electron chi connectivity index (χ3n) is 1.72. The van der Waals surface area contributed by atoms with Crippen LogP contribution in [0, 0.1) is 0 Å². The minimum atomic E-state index is 0.113. The topological polar surface area (TPSA) is 50.9 Å². The van der Waals surface area contributed by atoms with E-state index in [2.05, 4.69) is 10.4 Å². The predicted molar refractivity (Wildman–Crippen MR) is 49.6 cm³/mol. The van der Waals surface area contributed by atoms with E-state index in [1.807, 2.05) is 19.1 Å². The molecule has 4 heteroatoms. The van der Waals surface area contributed by atoms with Crippen LogP contribution in [0.5, 0.6) is 0 Å². The van der Waals surface area contributed by atoms with Crippen molar-refractivity contribution in [3.05, 3.63) is 29.0 Å². The summed E-state index contributed by atoms with van der Waals surface area (Å²) in [7, 11) is 0. The van der Waals surface area contributed by atoms with Crippen LogP contribution in [0.2, 0.25) is 5.02 Å². The fourth-order valence-electron chi connectivity index (χ4n) is 1.01. The third-order valence-corrected chi connectivity index (χ3v) is 1.94. The molecule has 1 aromatic heterocycles. The maximum absolute atomic E-state index is 5.69. The summed E-state index contributed by atoms with van der Waals surface area (Å²) in [6.07, 6.45) is 2.53. The second-order valence-electron chi connectivity index (χ2n) is 2.53. The SMILES string of the molecule is CCC(NN)c1ccc(Cl)cn1. The van der Waals surface area contributed by atoms with E-state index in [0.717, 1.165) is 12.1 Å². The third kappa shape index (κ3) is 2.17. The molecule has 3 nitrogen and oxygen atoms in total. The molecular formula is C8H12ClN3. The Morgan fingerprint density at radius 2 is 2.42 bits per heavy atom. The molecule has 0 aromatic carbocycles. The number of hydrazine groups is 1. The zero-order valence-electron chi connectivity index (χ0n) is 6.92. The Kier molecular flexibility index (Phi) is 3.47. The summed E-state index contributed by atoms with van der Waals surface area (Å²) >= 11 is 5.69. The van der Waals surface area contributed by atoms with Crippen molar-refractivity contribution in [2.75, 3.05) is 0 Å². The Balaban J connectivity index is 2.80. The molecule has 1 unspecified atom stereocenters. The minimum Gasteiger partial charge on any atom is -0.271 e. The van der Waals surface area contributed by atoms with E-state index in [0.29, 0.717) is 5.02 Å². The Hall–Kier alpha value is -0.640. The summed E-state index contributed by atoms with van der Waals surface area (Å²) in [5.41, 5.74) is 3.60. The molecule has 0 aliphatic carbocycles. The molecule has 0 fully saturated rings. The number of nitrogens with one attached hydrogen (secondary N) is 1. The number of pyridine rings is 1. The van der Waals surface area contributed by atoms with E-state index in [-0.39, 0.29) is 6.04 Å². The van der Waals surface area contributed by atoms with Crippen LogP contribution in [-0.2, 0) is 0 Å².